The Morgan fingerprint density at radius 3 is 1.44 bits per heavy atom. The summed E-state index contributed by atoms with van der Waals surface area (Å²) in [6, 6.07) is 25.0. The number of halogens is 2. The monoisotopic (exact) mass is 365 g/mol. The van der Waals surface area contributed by atoms with Crippen molar-refractivity contribution in [3.63, 3.8) is 0 Å². The minimum atomic E-state index is 0.687. The van der Waals surface area contributed by atoms with Crippen molar-refractivity contribution in [1.29, 1.82) is 0 Å². The molecule has 0 saturated carbocycles. The lowest BCUT2D eigenvalue weighted by molar-refractivity contribution is 0.755. The first-order chi connectivity index (χ1) is 12.2. The zero-order valence-corrected chi connectivity index (χ0v) is 14.6. The quantitative estimate of drug-likeness (QED) is 0.451. The summed E-state index contributed by atoms with van der Waals surface area (Å²) in [5.74, 6) is 0. The van der Waals surface area contributed by atoms with Crippen LogP contribution in [-0.2, 0) is 0 Å². The van der Waals surface area contributed by atoms with Gasteiger partial charge in [-0.25, -0.2) is 0 Å². The highest BCUT2D eigenvalue weighted by molar-refractivity contribution is 6.31. The third-order valence-corrected chi connectivity index (χ3v) is 4.34. The molecule has 0 amide bonds. The van der Waals surface area contributed by atoms with Crippen molar-refractivity contribution in [3.05, 3.63) is 88.9 Å². The first-order valence-electron chi connectivity index (χ1n) is 7.75. The van der Waals surface area contributed by atoms with E-state index in [9.17, 15) is 0 Å². The molecule has 3 nitrogen and oxygen atoms in total. The minimum absolute atomic E-state index is 0.687. The standard InChI is InChI=1S/C20H13Cl2N3/c21-16-10-6-14(7-11-16)19-20(15-8-12-17(22)13-9-15)24-25(23-19)18-4-2-1-3-5-18/h1-13H. The SMILES string of the molecule is Clc1ccc(-c2nn(-c3ccccc3)nc2-c2ccc(Cl)cc2)cc1. The Bertz CT molecular complexity index is 929. The van der Waals surface area contributed by atoms with Crippen LogP contribution in [0.25, 0.3) is 28.2 Å². The second-order valence-corrected chi connectivity index (χ2v) is 6.41. The van der Waals surface area contributed by atoms with Crippen molar-refractivity contribution in [2.45, 2.75) is 0 Å². The Kier molecular flexibility index (Phi) is 4.26. The van der Waals surface area contributed by atoms with Gasteiger partial charge in [0.15, 0.2) is 0 Å². The molecule has 0 fully saturated rings. The van der Waals surface area contributed by atoms with Crippen LogP contribution in [0.2, 0.25) is 10.0 Å². The van der Waals surface area contributed by atoms with Gasteiger partial charge in [0.25, 0.3) is 0 Å². The molecule has 0 atom stereocenters. The first kappa shape index (κ1) is 15.9. The van der Waals surface area contributed by atoms with Crippen LogP contribution in [0.5, 0.6) is 0 Å². The predicted molar refractivity (Wildman–Crippen MR) is 102 cm³/mol. The smallest absolute Gasteiger partial charge is 0.121 e. The number of benzene rings is 3. The highest BCUT2D eigenvalue weighted by Gasteiger charge is 2.16. The molecular formula is C20H13Cl2N3. The Morgan fingerprint density at radius 2 is 1.00 bits per heavy atom. The molecule has 0 saturated heterocycles. The van der Waals surface area contributed by atoms with Crippen LogP contribution in [0.4, 0.5) is 0 Å². The highest BCUT2D eigenvalue weighted by atomic mass is 35.5. The van der Waals surface area contributed by atoms with Gasteiger partial charge in [0.1, 0.15) is 11.4 Å². The van der Waals surface area contributed by atoms with Gasteiger partial charge in [-0.3, -0.25) is 0 Å². The Hall–Kier alpha value is -2.62. The van der Waals surface area contributed by atoms with E-state index in [2.05, 4.69) is 0 Å². The van der Waals surface area contributed by atoms with Gasteiger partial charge in [-0.15, -0.1) is 10.2 Å². The summed E-state index contributed by atoms with van der Waals surface area (Å²) in [4.78, 5) is 1.65. The number of para-hydroxylation sites is 1. The molecule has 0 aliphatic heterocycles. The first-order valence-corrected chi connectivity index (χ1v) is 8.51. The zero-order chi connectivity index (χ0) is 17.2. The van der Waals surface area contributed by atoms with Crippen LogP contribution in [0.1, 0.15) is 0 Å². The second-order valence-electron chi connectivity index (χ2n) is 5.54. The van der Waals surface area contributed by atoms with Crippen LogP contribution in [0.15, 0.2) is 78.9 Å². The lowest BCUT2D eigenvalue weighted by atomic mass is 10.1. The third-order valence-electron chi connectivity index (χ3n) is 3.84. The van der Waals surface area contributed by atoms with E-state index in [0.717, 1.165) is 28.2 Å². The van der Waals surface area contributed by atoms with E-state index in [1.165, 1.54) is 0 Å². The lowest BCUT2D eigenvalue weighted by Gasteiger charge is -2.01. The Balaban J connectivity index is 1.89. The number of rotatable bonds is 3. The molecule has 0 N–H and O–H groups in total. The van der Waals surface area contributed by atoms with Crippen molar-refractivity contribution >= 4 is 23.2 Å². The van der Waals surface area contributed by atoms with Gasteiger partial charge in [-0.2, -0.15) is 4.80 Å². The maximum absolute atomic E-state index is 6.02. The molecule has 0 aliphatic rings. The van der Waals surface area contributed by atoms with Crippen LogP contribution in [0, 0.1) is 0 Å². The molecule has 0 radical (unpaired) electrons. The number of aromatic nitrogens is 3. The molecule has 1 aromatic heterocycles. The Labute approximate surface area is 155 Å². The molecule has 0 spiro atoms. The van der Waals surface area contributed by atoms with Crippen molar-refractivity contribution < 1.29 is 0 Å². The fourth-order valence-electron chi connectivity index (χ4n) is 2.59. The highest BCUT2D eigenvalue weighted by Crippen LogP contribution is 2.31. The fourth-order valence-corrected chi connectivity index (χ4v) is 2.84. The summed E-state index contributed by atoms with van der Waals surface area (Å²) < 4.78 is 0. The molecule has 0 aliphatic carbocycles. The molecule has 25 heavy (non-hydrogen) atoms. The lowest BCUT2D eigenvalue weighted by Crippen LogP contribution is -1.98. The average Bonchev–Trinajstić information content (AvgIpc) is 3.09. The van der Waals surface area contributed by atoms with Gasteiger partial charge in [0, 0.05) is 21.2 Å². The van der Waals surface area contributed by atoms with Crippen molar-refractivity contribution in [2.24, 2.45) is 0 Å². The topological polar surface area (TPSA) is 30.7 Å². The predicted octanol–water partition coefficient (Wildman–Crippen LogP) is 5.91. The van der Waals surface area contributed by atoms with Crippen LogP contribution >= 0.6 is 23.2 Å². The molecule has 3 aromatic carbocycles. The van der Waals surface area contributed by atoms with Gasteiger partial charge < -0.3 is 0 Å². The van der Waals surface area contributed by atoms with E-state index >= 15 is 0 Å². The average molecular weight is 366 g/mol. The number of hydrogen-bond donors (Lipinski definition) is 0. The Morgan fingerprint density at radius 1 is 0.560 bits per heavy atom. The van der Waals surface area contributed by atoms with Gasteiger partial charge in [-0.1, -0.05) is 65.7 Å². The maximum Gasteiger partial charge on any atom is 0.121 e. The number of hydrogen-bond acceptors (Lipinski definition) is 2. The van der Waals surface area contributed by atoms with E-state index in [1.54, 1.807) is 4.80 Å². The largest absolute Gasteiger partial charge is 0.150 e. The minimum Gasteiger partial charge on any atom is -0.150 e. The summed E-state index contributed by atoms with van der Waals surface area (Å²) in [5, 5.41) is 10.8. The second kappa shape index (κ2) is 6.71. The third kappa shape index (κ3) is 3.29. The van der Waals surface area contributed by atoms with E-state index < -0.39 is 0 Å². The summed E-state index contributed by atoms with van der Waals surface area (Å²) in [6.45, 7) is 0. The van der Waals surface area contributed by atoms with Gasteiger partial charge in [0.2, 0.25) is 0 Å². The van der Waals surface area contributed by atoms with Gasteiger partial charge >= 0.3 is 0 Å². The van der Waals surface area contributed by atoms with Crippen molar-refractivity contribution in [3.8, 4) is 28.2 Å². The number of nitrogens with zero attached hydrogens (tertiary/aromatic N) is 3. The summed E-state index contributed by atoms with van der Waals surface area (Å²) in [5.41, 5.74) is 4.40. The van der Waals surface area contributed by atoms with Gasteiger partial charge in [-0.05, 0) is 36.4 Å². The van der Waals surface area contributed by atoms with E-state index in [0.29, 0.717) is 10.0 Å². The van der Waals surface area contributed by atoms with Crippen LogP contribution in [0.3, 0.4) is 0 Å². The van der Waals surface area contributed by atoms with Crippen molar-refractivity contribution in [1.82, 2.24) is 15.0 Å². The molecule has 0 bridgehead atoms. The fraction of sp³-hybridized carbons (Fsp3) is 0. The van der Waals surface area contributed by atoms with E-state index in [4.69, 9.17) is 33.4 Å². The molecule has 4 aromatic rings. The van der Waals surface area contributed by atoms with Crippen LogP contribution in [-0.4, -0.2) is 15.0 Å². The maximum atomic E-state index is 6.02. The zero-order valence-electron chi connectivity index (χ0n) is 13.1. The normalized spacial score (nSPS) is 10.8. The van der Waals surface area contributed by atoms with E-state index in [1.807, 2.05) is 78.9 Å². The van der Waals surface area contributed by atoms with Gasteiger partial charge in [0.05, 0.1) is 5.69 Å². The van der Waals surface area contributed by atoms with Crippen LogP contribution < -0.4 is 0 Å². The molecule has 4 rings (SSSR count). The molecule has 0 unspecified atom stereocenters. The van der Waals surface area contributed by atoms with E-state index in [-0.39, 0.29) is 0 Å². The van der Waals surface area contributed by atoms with Crippen molar-refractivity contribution in [2.75, 3.05) is 0 Å². The molecule has 1 heterocycles. The molecular weight excluding hydrogens is 353 g/mol. The molecule has 122 valence electrons. The summed E-state index contributed by atoms with van der Waals surface area (Å²) in [6.07, 6.45) is 0. The summed E-state index contributed by atoms with van der Waals surface area (Å²) in [7, 11) is 0. The summed E-state index contributed by atoms with van der Waals surface area (Å²) >= 11 is 12.0. The molecule has 5 heteroatoms.